The fourth-order valence-electron chi connectivity index (χ4n) is 0. The van der Waals surface area contributed by atoms with Gasteiger partial charge < -0.3 is 23.1 Å². The lowest BCUT2D eigenvalue weighted by Gasteiger charge is -1.90. The standard InChI is InChI=1S/ClH.H3NO3S.H3N/c;1-5(2,3)4;/h1H;(H3,1,2,3,4);1H3/p-1. The second-order valence-electron chi connectivity index (χ2n) is 0.493. The van der Waals surface area contributed by atoms with Crippen molar-refractivity contribution >= 4 is 10.3 Å². The zero-order valence-corrected chi connectivity index (χ0v) is 5.16. The Labute approximate surface area is 47.8 Å². The Balaban J connectivity index is -0.0000000800. The van der Waals surface area contributed by atoms with Gasteiger partial charge in [0.15, 0.2) is 10.3 Å². The third-order valence-corrected chi connectivity index (χ3v) is 0. The summed E-state index contributed by atoms with van der Waals surface area (Å²) in [5, 5.41) is 3.77. The topological polar surface area (TPSA) is 120 Å². The summed E-state index contributed by atoms with van der Waals surface area (Å²) in [6.07, 6.45) is 0. The van der Waals surface area contributed by atoms with Crippen LogP contribution in [0, 0.1) is 0 Å². The van der Waals surface area contributed by atoms with Crippen molar-refractivity contribution in [3.05, 3.63) is 0 Å². The third kappa shape index (κ3) is 7210. The summed E-state index contributed by atoms with van der Waals surface area (Å²) < 4.78 is 26.6. The first kappa shape index (κ1) is 15.7. The minimum atomic E-state index is -4.42. The van der Waals surface area contributed by atoms with Crippen molar-refractivity contribution in [1.82, 2.24) is 6.15 Å². The Morgan fingerprint density at radius 3 is 1.43 bits per heavy atom. The highest BCUT2D eigenvalue weighted by Crippen LogP contribution is 1.49. The van der Waals surface area contributed by atoms with Crippen LogP contribution in [0.5, 0.6) is 0 Å². The van der Waals surface area contributed by atoms with Crippen LogP contribution in [-0.4, -0.2) is 13.0 Å². The van der Waals surface area contributed by atoms with Crippen LogP contribution in [0.25, 0.3) is 0 Å². The maximum atomic E-state index is 8.85. The van der Waals surface area contributed by atoms with E-state index in [2.05, 4.69) is 5.14 Å². The quantitative estimate of drug-likeness (QED) is 0.340. The summed E-state index contributed by atoms with van der Waals surface area (Å²) in [7, 11) is -4.42. The second kappa shape index (κ2) is 4.28. The first-order valence-electron chi connectivity index (χ1n) is 0.736. The molecule has 0 amide bonds. The Morgan fingerprint density at radius 1 is 1.43 bits per heavy atom. The molecule has 0 rings (SSSR count). The van der Waals surface area contributed by atoms with Gasteiger partial charge in [0.2, 0.25) is 0 Å². The molecule has 0 atom stereocenters. The number of rotatable bonds is 0. The van der Waals surface area contributed by atoms with Crippen LogP contribution < -0.4 is 23.7 Å². The molecular formula is H6ClN2O3S-. The highest BCUT2D eigenvalue weighted by atomic mass is 35.5. The van der Waals surface area contributed by atoms with E-state index in [0.717, 1.165) is 0 Å². The molecular weight excluding hydrogens is 144 g/mol. The largest absolute Gasteiger partial charge is 1.00 e. The van der Waals surface area contributed by atoms with Crippen LogP contribution in [0.4, 0.5) is 0 Å². The molecule has 0 aliphatic heterocycles. The zero-order chi connectivity index (χ0) is 4.50. The molecule has 0 heterocycles. The molecule has 0 aromatic heterocycles. The summed E-state index contributed by atoms with van der Waals surface area (Å²) in [6.45, 7) is 0. The molecule has 5 nitrogen and oxygen atoms in total. The number of hydrogen-bond donors (Lipinski definition) is 2. The lowest BCUT2D eigenvalue weighted by molar-refractivity contribution is -0.00000623. The number of halogens is 1. The van der Waals surface area contributed by atoms with Crippen molar-refractivity contribution in [1.29, 1.82) is 0 Å². The highest BCUT2D eigenvalue weighted by molar-refractivity contribution is 7.83. The van der Waals surface area contributed by atoms with Crippen molar-refractivity contribution < 1.29 is 25.4 Å². The molecule has 0 unspecified atom stereocenters. The first-order valence-corrected chi connectivity index (χ1v) is 2.21. The first-order chi connectivity index (χ1) is 2.00. The van der Waals surface area contributed by atoms with Gasteiger partial charge in [-0.15, -0.1) is 0 Å². The van der Waals surface area contributed by atoms with Crippen molar-refractivity contribution in [2.45, 2.75) is 0 Å². The van der Waals surface area contributed by atoms with Crippen molar-refractivity contribution in [3.63, 3.8) is 0 Å². The van der Waals surface area contributed by atoms with Gasteiger partial charge in [-0.1, -0.05) is 0 Å². The van der Waals surface area contributed by atoms with Crippen LogP contribution in [0.1, 0.15) is 0 Å². The van der Waals surface area contributed by atoms with Crippen LogP contribution >= 0.6 is 0 Å². The van der Waals surface area contributed by atoms with Crippen LogP contribution in [-0.2, 0) is 10.3 Å². The number of hydrogen-bond acceptors (Lipinski definition) is 3. The molecule has 0 aromatic carbocycles. The maximum Gasteiger partial charge on any atom is 0.156 e. The Morgan fingerprint density at radius 2 is 1.43 bits per heavy atom. The molecule has 7 heteroatoms. The molecule has 0 bridgehead atoms. The average Bonchev–Trinajstić information content (AvgIpc) is 0.722. The van der Waals surface area contributed by atoms with E-state index in [-0.39, 0.29) is 18.6 Å². The SMILES string of the molecule is NS(=O)(=O)[O-].[Cl-].[NH4+]. The summed E-state index contributed by atoms with van der Waals surface area (Å²) in [5.41, 5.74) is 0. The van der Waals surface area contributed by atoms with Crippen molar-refractivity contribution in [2.24, 2.45) is 5.14 Å². The second-order valence-corrected chi connectivity index (χ2v) is 1.48. The van der Waals surface area contributed by atoms with E-state index in [4.69, 9.17) is 13.0 Å². The molecule has 48 valence electrons. The predicted octanol–water partition coefficient (Wildman–Crippen LogP) is -4.21. The Kier molecular flexibility index (Phi) is 9.61. The third-order valence-electron chi connectivity index (χ3n) is 0. The van der Waals surface area contributed by atoms with Gasteiger partial charge in [0.05, 0.1) is 0 Å². The fraction of sp³-hybridized carbons (Fsp3) is 0. The van der Waals surface area contributed by atoms with Crippen LogP contribution in [0.15, 0.2) is 0 Å². The summed E-state index contributed by atoms with van der Waals surface area (Å²) >= 11 is 0. The van der Waals surface area contributed by atoms with Crippen molar-refractivity contribution in [2.75, 3.05) is 0 Å². The number of quaternary nitrogens is 1. The molecule has 0 aromatic rings. The molecule has 0 saturated heterocycles. The molecule has 0 radical (unpaired) electrons. The van der Waals surface area contributed by atoms with Crippen molar-refractivity contribution in [3.8, 4) is 0 Å². The highest BCUT2D eigenvalue weighted by Gasteiger charge is 1.64. The van der Waals surface area contributed by atoms with E-state index >= 15 is 0 Å². The van der Waals surface area contributed by atoms with E-state index in [1.807, 2.05) is 0 Å². The van der Waals surface area contributed by atoms with E-state index in [1.165, 1.54) is 0 Å². The molecule has 0 spiro atoms. The fourth-order valence-corrected chi connectivity index (χ4v) is 0. The molecule has 6 N–H and O–H groups in total. The van der Waals surface area contributed by atoms with Gasteiger partial charge in [0.25, 0.3) is 0 Å². The molecule has 7 heavy (non-hydrogen) atoms. The minimum Gasteiger partial charge on any atom is -1.00 e. The van der Waals surface area contributed by atoms with Crippen LogP contribution in [0.2, 0.25) is 0 Å². The van der Waals surface area contributed by atoms with Gasteiger partial charge in [-0.2, -0.15) is 0 Å². The predicted molar refractivity (Wildman–Crippen MR) is 19.9 cm³/mol. The Hall–Kier alpha value is 0.120. The monoisotopic (exact) mass is 149 g/mol. The summed E-state index contributed by atoms with van der Waals surface area (Å²) in [4.78, 5) is 0. The van der Waals surface area contributed by atoms with Gasteiger partial charge >= 0.3 is 0 Å². The van der Waals surface area contributed by atoms with Gasteiger partial charge in [-0.05, 0) is 0 Å². The molecule has 0 fully saturated rings. The van der Waals surface area contributed by atoms with Gasteiger partial charge in [0.1, 0.15) is 0 Å². The zero-order valence-electron chi connectivity index (χ0n) is 3.59. The lowest BCUT2D eigenvalue weighted by atomic mass is 13.9. The lowest BCUT2D eigenvalue weighted by Crippen LogP contribution is -3.00. The van der Waals surface area contributed by atoms with Crippen LogP contribution in [0.3, 0.4) is 0 Å². The van der Waals surface area contributed by atoms with E-state index in [9.17, 15) is 0 Å². The summed E-state index contributed by atoms with van der Waals surface area (Å²) in [6, 6.07) is 0. The molecule has 0 saturated carbocycles. The van der Waals surface area contributed by atoms with Gasteiger partial charge in [-0.3, -0.25) is 0 Å². The average molecular weight is 150 g/mol. The van der Waals surface area contributed by atoms with Gasteiger partial charge in [0, 0.05) is 0 Å². The maximum absolute atomic E-state index is 8.85. The Bertz CT molecular complexity index is 96.1. The molecule has 0 aliphatic carbocycles. The minimum absolute atomic E-state index is 0. The van der Waals surface area contributed by atoms with E-state index < -0.39 is 10.3 Å². The van der Waals surface area contributed by atoms with E-state index in [0.29, 0.717) is 0 Å². The molecule has 0 aliphatic rings. The summed E-state index contributed by atoms with van der Waals surface area (Å²) in [5.74, 6) is 0. The van der Waals surface area contributed by atoms with Gasteiger partial charge in [-0.25, -0.2) is 13.6 Å². The smallest absolute Gasteiger partial charge is 0.156 e. The van der Waals surface area contributed by atoms with E-state index in [1.54, 1.807) is 0 Å². The normalized spacial score (nSPS) is 8.29. The number of nitrogens with two attached hydrogens (primary N) is 1.